The van der Waals surface area contributed by atoms with Gasteiger partial charge in [0.05, 0.1) is 5.56 Å². The highest BCUT2D eigenvalue weighted by atomic mass is 31.2. The molecule has 0 amide bonds. The largest absolute Gasteiger partial charge is 0.426 e. The van der Waals surface area contributed by atoms with Crippen LogP contribution >= 0.6 is 8.60 Å². The van der Waals surface area contributed by atoms with Crippen LogP contribution in [0.5, 0.6) is 5.75 Å². The van der Waals surface area contributed by atoms with Crippen LogP contribution in [0.25, 0.3) is 0 Å². The van der Waals surface area contributed by atoms with E-state index in [1.165, 1.54) is 12.1 Å². The van der Waals surface area contributed by atoms with Crippen LogP contribution in [0.3, 0.4) is 0 Å². The molecule has 0 radical (unpaired) electrons. The fraction of sp³-hybridized carbons (Fsp3) is 0.500. The molecule has 1 aromatic carbocycles. The first-order valence-corrected chi connectivity index (χ1v) is 9.66. The van der Waals surface area contributed by atoms with Crippen LogP contribution in [0, 0.1) is 0 Å². The average Bonchev–Trinajstić information content (AvgIpc) is 2.54. The average molecular weight is 368 g/mol. The van der Waals surface area contributed by atoms with Gasteiger partial charge in [0.25, 0.3) is 0 Å². The summed E-state index contributed by atoms with van der Waals surface area (Å²) in [4.78, 5) is 56.1. The summed E-state index contributed by atoms with van der Waals surface area (Å²) in [6.07, 6.45) is 2.37. The molecule has 25 heavy (non-hydrogen) atoms. The van der Waals surface area contributed by atoms with Crippen molar-refractivity contribution in [2.75, 3.05) is 0 Å². The van der Waals surface area contributed by atoms with Gasteiger partial charge in [-0.15, -0.1) is 0 Å². The zero-order valence-corrected chi connectivity index (χ0v) is 15.8. The molecular weight excluding hydrogens is 343 g/mol. The Kier molecular flexibility index (Phi) is 8.90. The molecule has 0 aliphatic rings. The second-order valence-corrected chi connectivity index (χ2v) is 6.41. The molecule has 6 nitrogen and oxygen atoms in total. The quantitative estimate of drug-likeness (QED) is 0.448. The van der Waals surface area contributed by atoms with E-state index in [0.717, 1.165) is 0 Å². The van der Waals surface area contributed by atoms with Crippen LogP contribution in [0.1, 0.15) is 90.4 Å². The molecule has 0 bridgehead atoms. The normalized spacial score (nSPS) is 10.8. The minimum absolute atomic E-state index is 0.0159. The lowest BCUT2D eigenvalue weighted by Crippen LogP contribution is -2.16. The molecule has 0 fully saturated rings. The van der Waals surface area contributed by atoms with Gasteiger partial charge in [-0.2, -0.15) is 0 Å². The molecule has 1 rings (SSSR count). The summed E-state index contributed by atoms with van der Waals surface area (Å²) in [6, 6.07) is 2.79. The van der Waals surface area contributed by atoms with Gasteiger partial charge in [0.2, 0.25) is 0 Å². The fourth-order valence-electron chi connectivity index (χ4n) is 2.61. The molecule has 0 spiro atoms. The molecule has 0 heterocycles. The van der Waals surface area contributed by atoms with Crippen molar-refractivity contribution in [2.45, 2.75) is 59.3 Å². The summed E-state index contributed by atoms with van der Waals surface area (Å²) in [5, 5.41) is 0. The highest BCUT2D eigenvalue weighted by molar-refractivity contribution is 7.39. The van der Waals surface area contributed by atoms with E-state index in [0.29, 0.717) is 19.3 Å². The van der Waals surface area contributed by atoms with Gasteiger partial charge < -0.3 is 14.3 Å². The molecule has 0 aliphatic carbocycles. The number of hydrogen-bond donors (Lipinski definition) is 2. The Hall–Kier alpha value is -1.62. The smallest absolute Gasteiger partial charge is 0.391 e. The monoisotopic (exact) mass is 368 g/mol. The van der Waals surface area contributed by atoms with Crippen LogP contribution in [0.4, 0.5) is 0 Å². The van der Waals surface area contributed by atoms with E-state index in [1.54, 1.807) is 0 Å². The number of ketones is 3. The van der Waals surface area contributed by atoms with Crippen molar-refractivity contribution in [2.24, 2.45) is 0 Å². The maximum atomic E-state index is 12.7. The summed E-state index contributed by atoms with van der Waals surface area (Å²) in [5.41, 5.74) is 0.235. The van der Waals surface area contributed by atoms with E-state index in [9.17, 15) is 24.2 Å². The van der Waals surface area contributed by atoms with Crippen LogP contribution in [-0.2, 0) is 0 Å². The molecular formula is C18H25O6P. The van der Waals surface area contributed by atoms with E-state index < -0.39 is 8.60 Å². The van der Waals surface area contributed by atoms with Crippen molar-refractivity contribution < 1.29 is 28.7 Å². The van der Waals surface area contributed by atoms with Crippen molar-refractivity contribution >= 4 is 26.0 Å². The molecule has 2 N–H and O–H groups in total. The Morgan fingerprint density at radius 3 is 1.80 bits per heavy atom. The van der Waals surface area contributed by atoms with E-state index in [2.05, 4.69) is 0 Å². The van der Waals surface area contributed by atoms with Crippen LogP contribution in [0.2, 0.25) is 0 Å². The first-order chi connectivity index (χ1) is 11.9. The standard InChI is InChI=1S/C18H25O6P/c1-4-7-13(19)12-10-11-16(24-25(22)23)18(15(21)9-6-3)17(12)14(20)8-5-2/h10-11,22-23H,4-9H2,1-3H3. The number of carbonyl (C=O) groups excluding carboxylic acids is 3. The predicted molar refractivity (Wildman–Crippen MR) is 96.1 cm³/mol. The highest BCUT2D eigenvalue weighted by Gasteiger charge is 2.27. The molecule has 0 aliphatic heterocycles. The lowest BCUT2D eigenvalue weighted by molar-refractivity contribution is 0.0934. The maximum absolute atomic E-state index is 12.7. The lowest BCUT2D eigenvalue weighted by atomic mass is 9.88. The van der Waals surface area contributed by atoms with Gasteiger partial charge in [0.1, 0.15) is 5.75 Å². The number of Topliss-reactive ketones (excluding diaryl/α,β-unsaturated/α-hetero) is 3. The molecule has 0 saturated carbocycles. The third-order valence-corrected chi connectivity index (χ3v) is 4.00. The number of benzene rings is 1. The van der Waals surface area contributed by atoms with E-state index in [-0.39, 0.29) is 59.1 Å². The van der Waals surface area contributed by atoms with Gasteiger partial charge in [0.15, 0.2) is 17.3 Å². The van der Waals surface area contributed by atoms with Crippen molar-refractivity contribution in [1.82, 2.24) is 0 Å². The Balaban J connectivity index is 3.65. The molecule has 0 atom stereocenters. The first-order valence-electron chi connectivity index (χ1n) is 8.49. The minimum atomic E-state index is -2.75. The Morgan fingerprint density at radius 2 is 1.32 bits per heavy atom. The molecule has 0 aromatic heterocycles. The summed E-state index contributed by atoms with van der Waals surface area (Å²) in [6.45, 7) is 5.51. The van der Waals surface area contributed by atoms with Crippen LogP contribution in [0.15, 0.2) is 12.1 Å². The number of hydrogen-bond acceptors (Lipinski definition) is 6. The van der Waals surface area contributed by atoms with Crippen molar-refractivity contribution in [3.63, 3.8) is 0 Å². The van der Waals surface area contributed by atoms with Crippen molar-refractivity contribution in [3.8, 4) is 5.75 Å². The second-order valence-electron chi connectivity index (χ2n) is 5.72. The van der Waals surface area contributed by atoms with Gasteiger partial charge in [-0.25, -0.2) is 0 Å². The third-order valence-electron chi connectivity index (χ3n) is 3.64. The number of rotatable bonds is 11. The van der Waals surface area contributed by atoms with E-state index in [1.807, 2.05) is 20.8 Å². The van der Waals surface area contributed by atoms with E-state index >= 15 is 0 Å². The first kappa shape index (κ1) is 21.4. The van der Waals surface area contributed by atoms with Crippen LogP contribution < -0.4 is 4.52 Å². The van der Waals surface area contributed by atoms with Gasteiger partial charge in [0, 0.05) is 30.4 Å². The van der Waals surface area contributed by atoms with Crippen molar-refractivity contribution in [3.05, 3.63) is 28.8 Å². The molecule has 0 saturated heterocycles. The summed E-state index contributed by atoms with van der Waals surface area (Å²) < 4.78 is 4.97. The fourth-order valence-corrected chi connectivity index (χ4v) is 2.94. The lowest BCUT2D eigenvalue weighted by Gasteiger charge is -2.17. The second kappa shape index (κ2) is 10.4. The van der Waals surface area contributed by atoms with Gasteiger partial charge >= 0.3 is 8.60 Å². The Bertz CT molecular complexity index is 639. The SMILES string of the molecule is CCCC(=O)c1ccc(OP(O)O)c(C(=O)CCC)c1C(=O)CCC. The minimum Gasteiger partial charge on any atom is -0.426 e. The maximum Gasteiger partial charge on any atom is 0.391 e. The molecule has 1 aromatic rings. The Labute approximate surface area is 149 Å². The third kappa shape index (κ3) is 5.70. The molecule has 0 unspecified atom stereocenters. The van der Waals surface area contributed by atoms with Gasteiger partial charge in [-0.3, -0.25) is 14.4 Å². The predicted octanol–water partition coefficient (Wildman–Crippen LogP) is 4.23. The highest BCUT2D eigenvalue weighted by Crippen LogP contribution is 2.36. The van der Waals surface area contributed by atoms with Gasteiger partial charge in [-0.1, -0.05) is 20.8 Å². The summed E-state index contributed by atoms with van der Waals surface area (Å²) in [7, 11) is -2.75. The zero-order valence-electron chi connectivity index (χ0n) is 14.9. The Morgan fingerprint density at radius 1 is 0.840 bits per heavy atom. The number of carbonyl (C=O) groups is 3. The van der Waals surface area contributed by atoms with E-state index in [4.69, 9.17) is 4.52 Å². The summed E-state index contributed by atoms with van der Waals surface area (Å²) >= 11 is 0. The van der Waals surface area contributed by atoms with Gasteiger partial charge in [-0.05, 0) is 31.4 Å². The summed E-state index contributed by atoms with van der Waals surface area (Å²) in [5.74, 6) is -0.941. The zero-order chi connectivity index (χ0) is 19.0. The molecule has 7 heteroatoms. The molecule has 138 valence electrons. The van der Waals surface area contributed by atoms with Crippen molar-refractivity contribution in [1.29, 1.82) is 0 Å². The topological polar surface area (TPSA) is 101 Å². The van der Waals surface area contributed by atoms with Crippen LogP contribution in [-0.4, -0.2) is 27.1 Å².